The number of H-pyrrole nitrogens is 1. The van der Waals surface area contributed by atoms with Crippen molar-refractivity contribution >= 4 is 0 Å². The van der Waals surface area contributed by atoms with E-state index >= 15 is 0 Å². The molecule has 0 aliphatic rings. The minimum atomic E-state index is -0.168. The molecule has 1 heterocycles. The number of hydrogen-bond acceptors (Lipinski definition) is 3. The van der Waals surface area contributed by atoms with Gasteiger partial charge in [-0.3, -0.25) is 0 Å². The second-order valence-electron chi connectivity index (χ2n) is 3.19. The zero-order valence-electron chi connectivity index (χ0n) is 8.33. The SMILES string of the molecule is Cc1nc(CCC#N)[nH]c1C(C)C#N. The standard InChI is InChI=1S/C10H12N4/c1-7(6-12)10-8(2)13-9(14-10)4-3-5-11/h7H,3-4H2,1-2H3,(H,13,14). The van der Waals surface area contributed by atoms with Gasteiger partial charge in [0, 0.05) is 12.8 Å². The summed E-state index contributed by atoms with van der Waals surface area (Å²) in [6.45, 7) is 3.70. The lowest BCUT2D eigenvalue weighted by molar-refractivity contribution is 0.881. The summed E-state index contributed by atoms with van der Waals surface area (Å²) in [7, 11) is 0. The van der Waals surface area contributed by atoms with Crippen LogP contribution in [0.25, 0.3) is 0 Å². The monoisotopic (exact) mass is 188 g/mol. The Balaban J connectivity index is 2.84. The van der Waals surface area contributed by atoms with Gasteiger partial charge in [0.2, 0.25) is 0 Å². The van der Waals surface area contributed by atoms with E-state index in [0.717, 1.165) is 17.2 Å². The molecular formula is C10H12N4. The van der Waals surface area contributed by atoms with Crippen LogP contribution in [0.15, 0.2) is 0 Å². The van der Waals surface area contributed by atoms with Gasteiger partial charge in [0.15, 0.2) is 0 Å². The van der Waals surface area contributed by atoms with Crippen LogP contribution < -0.4 is 0 Å². The summed E-state index contributed by atoms with van der Waals surface area (Å²) in [6, 6.07) is 4.22. The Labute approximate surface area is 83.2 Å². The third-order valence-corrected chi connectivity index (χ3v) is 2.07. The molecule has 0 aliphatic heterocycles. The second-order valence-corrected chi connectivity index (χ2v) is 3.19. The Bertz CT molecular complexity index is 391. The molecule has 0 fully saturated rings. The molecule has 14 heavy (non-hydrogen) atoms. The van der Waals surface area contributed by atoms with Gasteiger partial charge in [-0.15, -0.1) is 0 Å². The molecule has 1 rings (SSSR count). The molecule has 1 N–H and O–H groups in total. The average Bonchev–Trinajstić information content (AvgIpc) is 2.55. The molecule has 0 aliphatic carbocycles. The first-order valence-corrected chi connectivity index (χ1v) is 4.51. The lowest BCUT2D eigenvalue weighted by Gasteiger charge is -1.97. The minimum Gasteiger partial charge on any atom is -0.345 e. The van der Waals surface area contributed by atoms with Crippen LogP contribution in [0, 0.1) is 29.6 Å². The molecule has 1 atom stereocenters. The molecule has 0 amide bonds. The van der Waals surface area contributed by atoms with Gasteiger partial charge < -0.3 is 4.98 Å². The highest BCUT2D eigenvalue weighted by molar-refractivity contribution is 5.22. The summed E-state index contributed by atoms with van der Waals surface area (Å²) < 4.78 is 0. The first kappa shape index (κ1) is 10.3. The van der Waals surface area contributed by atoms with Gasteiger partial charge in [0.1, 0.15) is 5.82 Å². The van der Waals surface area contributed by atoms with Gasteiger partial charge >= 0.3 is 0 Å². The normalized spacial score (nSPS) is 11.7. The molecule has 1 unspecified atom stereocenters. The van der Waals surface area contributed by atoms with Crippen molar-refractivity contribution in [3.05, 3.63) is 17.2 Å². The Morgan fingerprint density at radius 3 is 2.79 bits per heavy atom. The summed E-state index contributed by atoms with van der Waals surface area (Å²) >= 11 is 0. The maximum atomic E-state index is 8.75. The van der Waals surface area contributed by atoms with E-state index in [2.05, 4.69) is 22.1 Å². The predicted octanol–water partition coefficient (Wildman–Crippen LogP) is 1.80. The zero-order chi connectivity index (χ0) is 10.6. The van der Waals surface area contributed by atoms with Crippen LogP contribution in [-0.4, -0.2) is 9.97 Å². The van der Waals surface area contributed by atoms with Crippen LogP contribution in [0.3, 0.4) is 0 Å². The molecule has 0 spiro atoms. The van der Waals surface area contributed by atoms with Crippen molar-refractivity contribution in [3.8, 4) is 12.1 Å². The smallest absolute Gasteiger partial charge is 0.107 e. The largest absolute Gasteiger partial charge is 0.345 e. The summed E-state index contributed by atoms with van der Waals surface area (Å²) in [5.74, 6) is 0.625. The Morgan fingerprint density at radius 1 is 1.50 bits per heavy atom. The number of hydrogen-bond donors (Lipinski definition) is 1. The first-order valence-electron chi connectivity index (χ1n) is 4.51. The Hall–Kier alpha value is -1.81. The Kier molecular flexibility index (Phi) is 3.25. The highest BCUT2D eigenvalue weighted by atomic mass is 14.9. The van der Waals surface area contributed by atoms with Crippen LogP contribution in [0.2, 0.25) is 0 Å². The van der Waals surface area contributed by atoms with E-state index in [4.69, 9.17) is 10.5 Å². The topological polar surface area (TPSA) is 76.3 Å². The fourth-order valence-electron chi connectivity index (χ4n) is 1.32. The fraction of sp³-hybridized carbons (Fsp3) is 0.500. The van der Waals surface area contributed by atoms with Crippen LogP contribution in [0.1, 0.15) is 36.5 Å². The van der Waals surface area contributed by atoms with E-state index < -0.39 is 0 Å². The van der Waals surface area contributed by atoms with E-state index in [0.29, 0.717) is 12.8 Å². The summed E-state index contributed by atoms with van der Waals surface area (Å²) in [5.41, 5.74) is 1.72. The second kappa shape index (κ2) is 4.43. The molecule has 72 valence electrons. The van der Waals surface area contributed by atoms with Crippen molar-refractivity contribution in [1.29, 1.82) is 10.5 Å². The van der Waals surface area contributed by atoms with Crippen molar-refractivity contribution in [1.82, 2.24) is 9.97 Å². The first-order chi connectivity index (χ1) is 6.69. The molecule has 4 heteroatoms. The number of aromatic amines is 1. The lowest BCUT2D eigenvalue weighted by Crippen LogP contribution is -1.92. The van der Waals surface area contributed by atoms with Gasteiger partial charge in [-0.25, -0.2) is 4.98 Å². The molecular weight excluding hydrogens is 176 g/mol. The van der Waals surface area contributed by atoms with Crippen LogP contribution in [-0.2, 0) is 6.42 Å². The van der Waals surface area contributed by atoms with Crippen molar-refractivity contribution in [2.45, 2.75) is 32.6 Å². The number of rotatable bonds is 3. The molecule has 0 saturated heterocycles. The van der Waals surface area contributed by atoms with Crippen LogP contribution in [0.4, 0.5) is 0 Å². The number of nitriles is 2. The number of imidazole rings is 1. The maximum absolute atomic E-state index is 8.75. The van der Waals surface area contributed by atoms with Gasteiger partial charge in [-0.2, -0.15) is 10.5 Å². The van der Waals surface area contributed by atoms with E-state index in [1.54, 1.807) is 0 Å². The summed E-state index contributed by atoms with van der Waals surface area (Å²) in [6.07, 6.45) is 1.07. The summed E-state index contributed by atoms with van der Waals surface area (Å²) in [5, 5.41) is 17.2. The highest BCUT2D eigenvalue weighted by Crippen LogP contribution is 2.16. The van der Waals surface area contributed by atoms with Crippen molar-refractivity contribution < 1.29 is 0 Å². The van der Waals surface area contributed by atoms with E-state index in [1.165, 1.54) is 0 Å². The fourth-order valence-corrected chi connectivity index (χ4v) is 1.32. The van der Waals surface area contributed by atoms with Crippen molar-refractivity contribution in [3.63, 3.8) is 0 Å². The van der Waals surface area contributed by atoms with E-state index in [-0.39, 0.29) is 5.92 Å². The quantitative estimate of drug-likeness (QED) is 0.785. The zero-order valence-corrected chi connectivity index (χ0v) is 8.33. The number of aryl methyl sites for hydroxylation is 2. The number of aromatic nitrogens is 2. The third kappa shape index (κ3) is 2.11. The highest BCUT2D eigenvalue weighted by Gasteiger charge is 2.12. The Morgan fingerprint density at radius 2 is 2.21 bits per heavy atom. The van der Waals surface area contributed by atoms with Crippen LogP contribution in [0.5, 0.6) is 0 Å². The molecule has 1 aromatic heterocycles. The van der Waals surface area contributed by atoms with E-state index in [9.17, 15) is 0 Å². The van der Waals surface area contributed by atoms with Gasteiger partial charge in [-0.05, 0) is 13.8 Å². The number of nitrogens with zero attached hydrogens (tertiary/aromatic N) is 3. The minimum absolute atomic E-state index is 0.168. The molecule has 0 saturated carbocycles. The molecule has 0 aromatic carbocycles. The van der Waals surface area contributed by atoms with Crippen molar-refractivity contribution in [2.24, 2.45) is 0 Å². The van der Waals surface area contributed by atoms with Gasteiger partial charge in [0.05, 0.1) is 29.4 Å². The third-order valence-electron chi connectivity index (χ3n) is 2.07. The lowest BCUT2D eigenvalue weighted by atomic mass is 10.1. The summed E-state index contributed by atoms with van der Waals surface area (Å²) in [4.78, 5) is 7.34. The number of nitrogens with one attached hydrogen (secondary N) is 1. The van der Waals surface area contributed by atoms with Crippen LogP contribution >= 0.6 is 0 Å². The molecule has 0 bridgehead atoms. The molecule has 0 radical (unpaired) electrons. The van der Waals surface area contributed by atoms with Gasteiger partial charge in [-0.1, -0.05) is 0 Å². The average molecular weight is 188 g/mol. The maximum Gasteiger partial charge on any atom is 0.107 e. The van der Waals surface area contributed by atoms with E-state index in [1.807, 2.05) is 13.8 Å². The van der Waals surface area contributed by atoms with Crippen molar-refractivity contribution in [2.75, 3.05) is 0 Å². The molecule has 4 nitrogen and oxygen atoms in total. The van der Waals surface area contributed by atoms with Gasteiger partial charge in [0.25, 0.3) is 0 Å². The predicted molar refractivity (Wildman–Crippen MR) is 51.3 cm³/mol. The molecule has 1 aromatic rings.